The Morgan fingerprint density at radius 1 is 1.18 bits per heavy atom. The van der Waals surface area contributed by atoms with Crippen molar-refractivity contribution in [1.82, 2.24) is 5.32 Å². The quantitative estimate of drug-likeness (QED) is 0.267. The van der Waals surface area contributed by atoms with E-state index >= 15 is 0 Å². The lowest BCUT2D eigenvalue weighted by Crippen LogP contribution is -2.53. The summed E-state index contributed by atoms with van der Waals surface area (Å²) in [5.74, 6) is -3.44. The number of carboxylic acids is 2. The highest BCUT2D eigenvalue weighted by atomic mass is 32.1. The molecule has 0 aliphatic carbocycles. The number of nitrogens with one attached hydrogen (secondary N) is 1. The number of rotatable bonds is 8. The van der Waals surface area contributed by atoms with E-state index in [4.69, 9.17) is 21.7 Å². The van der Waals surface area contributed by atoms with Gasteiger partial charge in [-0.25, -0.2) is 0 Å². The fourth-order valence-corrected chi connectivity index (χ4v) is 1.33. The Morgan fingerprint density at radius 2 is 1.71 bits per heavy atom. The average molecular weight is 265 g/mol. The number of carboxylic acid groups (broad SMARTS) is 2. The number of hydrogen-bond acceptors (Lipinski definition) is 6. The molecule has 0 saturated heterocycles. The number of carbonyl (C=O) groups excluding carboxylic acids is 1. The second kappa shape index (κ2) is 7.09. The largest absolute Gasteiger partial charge is 0.480 e. The fourth-order valence-electron chi connectivity index (χ4n) is 1.07. The van der Waals surface area contributed by atoms with E-state index in [9.17, 15) is 14.4 Å². The summed E-state index contributed by atoms with van der Waals surface area (Å²) in [5.41, 5.74) is 10.3. The van der Waals surface area contributed by atoms with Crippen molar-refractivity contribution in [2.75, 3.05) is 5.75 Å². The van der Waals surface area contributed by atoms with Crippen molar-refractivity contribution in [3.05, 3.63) is 0 Å². The Morgan fingerprint density at radius 3 is 2.00 bits per heavy atom. The molecule has 0 heterocycles. The van der Waals surface area contributed by atoms with Gasteiger partial charge in [-0.05, 0) is 6.42 Å². The Bertz CT molecular complexity index is 312. The van der Waals surface area contributed by atoms with E-state index in [2.05, 4.69) is 17.9 Å². The topological polar surface area (TPSA) is 156 Å². The highest BCUT2D eigenvalue weighted by Gasteiger charge is 2.27. The first-order valence-corrected chi connectivity index (χ1v) is 5.30. The molecule has 0 fully saturated rings. The minimum Gasteiger partial charge on any atom is -0.480 e. The third-order valence-electron chi connectivity index (χ3n) is 2.03. The number of amides is 1. The van der Waals surface area contributed by atoms with Crippen LogP contribution in [-0.2, 0) is 14.4 Å². The van der Waals surface area contributed by atoms with E-state index in [0.29, 0.717) is 0 Å². The minimum absolute atomic E-state index is 0.0680. The summed E-state index contributed by atoms with van der Waals surface area (Å²) in [6, 6.07) is -3.53. The molecule has 0 bridgehead atoms. The van der Waals surface area contributed by atoms with Crippen molar-refractivity contribution in [3.63, 3.8) is 0 Å². The van der Waals surface area contributed by atoms with Gasteiger partial charge in [0.2, 0.25) is 5.91 Å². The number of nitrogens with two attached hydrogens (primary N) is 2. The van der Waals surface area contributed by atoms with Crippen LogP contribution in [0.3, 0.4) is 0 Å². The summed E-state index contributed by atoms with van der Waals surface area (Å²) < 4.78 is 0. The molecular weight excluding hydrogens is 250 g/mol. The van der Waals surface area contributed by atoms with Crippen molar-refractivity contribution in [2.24, 2.45) is 11.5 Å². The molecule has 98 valence electrons. The Balaban J connectivity index is 4.59. The lowest BCUT2D eigenvalue weighted by Gasteiger charge is -2.21. The summed E-state index contributed by atoms with van der Waals surface area (Å²) in [5, 5.41) is 19.7. The average Bonchev–Trinajstić information content (AvgIpc) is 2.22. The van der Waals surface area contributed by atoms with Crippen LogP contribution in [0.15, 0.2) is 0 Å². The van der Waals surface area contributed by atoms with Crippen molar-refractivity contribution in [3.8, 4) is 0 Å². The fraction of sp³-hybridized carbons (Fsp3) is 0.625. The molecule has 1 amide bonds. The van der Waals surface area contributed by atoms with Gasteiger partial charge in [-0.3, -0.25) is 19.7 Å². The van der Waals surface area contributed by atoms with Gasteiger partial charge >= 0.3 is 11.9 Å². The zero-order valence-corrected chi connectivity index (χ0v) is 9.76. The molecule has 0 aliphatic heterocycles. The van der Waals surface area contributed by atoms with Gasteiger partial charge in [0, 0.05) is 5.75 Å². The van der Waals surface area contributed by atoms with Crippen molar-refractivity contribution >= 4 is 30.5 Å². The molecule has 0 aromatic carbocycles. The molecule has 3 unspecified atom stereocenters. The molecule has 0 aliphatic rings. The Labute approximate surface area is 103 Å². The number of hydrogen-bond donors (Lipinski definition) is 6. The van der Waals surface area contributed by atoms with Crippen LogP contribution in [-0.4, -0.2) is 51.9 Å². The first-order valence-electron chi connectivity index (χ1n) is 4.67. The van der Waals surface area contributed by atoms with E-state index in [1.54, 1.807) is 0 Å². The second-order valence-corrected chi connectivity index (χ2v) is 3.74. The zero-order valence-electron chi connectivity index (χ0n) is 8.87. The maximum atomic E-state index is 11.0. The molecule has 3 atom stereocenters. The van der Waals surface area contributed by atoms with E-state index in [-0.39, 0.29) is 12.2 Å². The van der Waals surface area contributed by atoms with Gasteiger partial charge in [0.1, 0.15) is 12.1 Å². The zero-order chi connectivity index (χ0) is 13.6. The molecular formula is C8H15N3O5S. The summed E-state index contributed by atoms with van der Waals surface area (Å²) >= 11 is 3.79. The third-order valence-corrected chi connectivity index (χ3v) is 2.40. The van der Waals surface area contributed by atoms with Crippen molar-refractivity contribution in [2.45, 2.75) is 24.5 Å². The predicted octanol–water partition coefficient (Wildman–Crippen LogP) is -2.39. The van der Waals surface area contributed by atoms with Crippen LogP contribution in [0, 0.1) is 0 Å². The van der Waals surface area contributed by atoms with Crippen LogP contribution in [0.5, 0.6) is 0 Å². The molecule has 0 spiro atoms. The lowest BCUT2D eigenvalue weighted by molar-refractivity contribution is -0.139. The van der Waals surface area contributed by atoms with Crippen molar-refractivity contribution in [1.29, 1.82) is 0 Å². The smallest absolute Gasteiger partial charge is 0.321 e. The van der Waals surface area contributed by atoms with Gasteiger partial charge in [0.15, 0.2) is 0 Å². The van der Waals surface area contributed by atoms with E-state index < -0.39 is 36.0 Å². The number of carbonyl (C=O) groups is 3. The highest BCUT2D eigenvalue weighted by Crippen LogP contribution is 2.00. The molecule has 0 rings (SSSR count). The Hall–Kier alpha value is -1.32. The van der Waals surface area contributed by atoms with Crippen LogP contribution >= 0.6 is 12.6 Å². The van der Waals surface area contributed by atoms with Crippen LogP contribution in [0.25, 0.3) is 0 Å². The second-order valence-electron chi connectivity index (χ2n) is 3.38. The Kier molecular flexibility index (Phi) is 6.54. The molecule has 17 heavy (non-hydrogen) atoms. The molecule has 9 heteroatoms. The number of primary amides is 1. The molecule has 0 radical (unpaired) electrons. The van der Waals surface area contributed by atoms with Gasteiger partial charge in [0.25, 0.3) is 0 Å². The number of aliphatic carboxylic acids is 2. The first-order chi connectivity index (χ1) is 7.79. The summed E-state index contributed by atoms with van der Waals surface area (Å²) in [4.78, 5) is 32.2. The maximum Gasteiger partial charge on any atom is 0.321 e. The minimum atomic E-state index is -1.30. The predicted molar refractivity (Wildman–Crippen MR) is 61.6 cm³/mol. The number of thiol groups is 1. The lowest BCUT2D eigenvalue weighted by atomic mass is 10.1. The van der Waals surface area contributed by atoms with Crippen LogP contribution in [0.2, 0.25) is 0 Å². The van der Waals surface area contributed by atoms with Gasteiger partial charge in [0.05, 0.1) is 6.04 Å². The normalized spacial score (nSPS) is 15.9. The van der Waals surface area contributed by atoms with Crippen molar-refractivity contribution < 1.29 is 24.6 Å². The standard InChI is InChI=1S/C8H15N3O5S/c9-3(7(13)14)1-4(6(10)12)11-5(2-17)8(15)16/h3-5,11,17H,1-2,9H2,(H2,10,12)(H,13,14)(H,15,16). The van der Waals surface area contributed by atoms with E-state index in [0.717, 1.165) is 0 Å². The van der Waals surface area contributed by atoms with E-state index in [1.165, 1.54) is 0 Å². The third kappa shape index (κ3) is 5.52. The summed E-state index contributed by atoms with van der Waals surface area (Å²) in [6.07, 6.45) is -0.289. The molecule has 0 aromatic heterocycles. The van der Waals surface area contributed by atoms with Crippen LogP contribution < -0.4 is 16.8 Å². The maximum absolute atomic E-state index is 11.0. The van der Waals surface area contributed by atoms with Crippen LogP contribution in [0.1, 0.15) is 6.42 Å². The van der Waals surface area contributed by atoms with E-state index in [1.807, 2.05) is 0 Å². The van der Waals surface area contributed by atoms with Gasteiger partial charge in [-0.2, -0.15) is 12.6 Å². The first kappa shape index (κ1) is 15.7. The monoisotopic (exact) mass is 265 g/mol. The van der Waals surface area contributed by atoms with Gasteiger partial charge < -0.3 is 21.7 Å². The SMILES string of the molecule is NC(=O)C(CC(N)C(=O)O)NC(CS)C(=O)O. The highest BCUT2D eigenvalue weighted by molar-refractivity contribution is 7.80. The van der Waals surface area contributed by atoms with Gasteiger partial charge in [-0.15, -0.1) is 0 Å². The van der Waals surface area contributed by atoms with Gasteiger partial charge in [-0.1, -0.05) is 0 Å². The molecule has 7 N–H and O–H groups in total. The molecule has 0 saturated carbocycles. The molecule has 0 aromatic rings. The van der Waals surface area contributed by atoms with Crippen LogP contribution in [0.4, 0.5) is 0 Å². The molecule has 8 nitrogen and oxygen atoms in total. The summed E-state index contributed by atoms with van der Waals surface area (Å²) in [6.45, 7) is 0. The summed E-state index contributed by atoms with van der Waals surface area (Å²) in [7, 11) is 0.